The van der Waals surface area contributed by atoms with Gasteiger partial charge in [-0.25, -0.2) is 4.79 Å². The maximum absolute atomic E-state index is 13.0. The Morgan fingerprint density at radius 3 is 2.41 bits per heavy atom. The Kier molecular flexibility index (Phi) is 4.76. The van der Waals surface area contributed by atoms with Crippen LogP contribution < -0.4 is 14.8 Å². The molecule has 0 bridgehead atoms. The number of amides is 3. The average Bonchev–Trinajstić information content (AvgIpc) is 2.89. The number of carbonyl (C=O) groups excluding carboxylic acids is 3. The van der Waals surface area contributed by atoms with Crippen molar-refractivity contribution in [2.75, 3.05) is 19.8 Å². The second-order valence-electron chi connectivity index (χ2n) is 7.45. The maximum atomic E-state index is 13.0. The van der Waals surface area contributed by atoms with E-state index in [2.05, 4.69) is 5.32 Å². The van der Waals surface area contributed by atoms with Gasteiger partial charge in [0.1, 0.15) is 18.8 Å². The molecule has 3 amide bonds. The lowest BCUT2D eigenvalue weighted by Gasteiger charge is -2.28. The van der Waals surface area contributed by atoms with Crippen molar-refractivity contribution in [1.29, 1.82) is 0 Å². The summed E-state index contributed by atoms with van der Waals surface area (Å²) in [6.07, 6.45) is 6.43. The molecule has 27 heavy (non-hydrogen) atoms. The number of imide groups is 1. The summed E-state index contributed by atoms with van der Waals surface area (Å²) in [6, 6.07) is 4.47. The summed E-state index contributed by atoms with van der Waals surface area (Å²) in [7, 11) is 0. The summed E-state index contributed by atoms with van der Waals surface area (Å²) >= 11 is 0. The summed E-state index contributed by atoms with van der Waals surface area (Å²) in [6.45, 7) is 0.650. The molecule has 2 heterocycles. The average molecular weight is 372 g/mol. The summed E-state index contributed by atoms with van der Waals surface area (Å²) in [5, 5.41) is 2.88. The first kappa shape index (κ1) is 17.8. The zero-order valence-corrected chi connectivity index (χ0v) is 15.3. The second kappa shape index (κ2) is 7.21. The molecule has 1 aromatic carbocycles. The van der Waals surface area contributed by atoms with Crippen LogP contribution in [0.5, 0.6) is 11.5 Å². The van der Waals surface area contributed by atoms with Crippen LogP contribution in [0.3, 0.4) is 0 Å². The van der Waals surface area contributed by atoms with Crippen LogP contribution in [-0.2, 0) is 4.79 Å². The van der Waals surface area contributed by atoms with Gasteiger partial charge in [-0.2, -0.15) is 0 Å². The Balaban J connectivity index is 1.49. The van der Waals surface area contributed by atoms with Gasteiger partial charge >= 0.3 is 6.03 Å². The van der Waals surface area contributed by atoms with Crippen molar-refractivity contribution >= 4 is 17.7 Å². The number of benzene rings is 1. The van der Waals surface area contributed by atoms with Crippen molar-refractivity contribution in [3.63, 3.8) is 0 Å². The molecule has 2 fully saturated rings. The predicted molar refractivity (Wildman–Crippen MR) is 97.1 cm³/mol. The molecule has 1 aromatic rings. The number of nitrogens with one attached hydrogen (secondary N) is 1. The van der Waals surface area contributed by atoms with Gasteiger partial charge in [-0.1, -0.05) is 32.1 Å². The number of nitrogens with zero attached hydrogens (tertiary/aromatic N) is 1. The Bertz CT molecular complexity index is 768. The van der Waals surface area contributed by atoms with Gasteiger partial charge in [-0.3, -0.25) is 14.5 Å². The number of hydrogen-bond acceptors (Lipinski definition) is 5. The lowest BCUT2D eigenvalue weighted by molar-refractivity contribution is -0.131. The van der Waals surface area contributed by atoms with E-state index in [-0.39, 0.29) is 18.2 Å². The molecule has 2 aliphatic heterocycles. The van der Waals surface area contributed by atoms with Crippen molar-refractivity contribution in [3.8, 4) is 11.5 Å². The second-order valence-corrected chi connectivity index (χ2v) is 7.45. The fourth-order valence-corrected chi connectivity index (χ4v) is 4.12. The fraction of sp³-hybridized carbons (Fsp3) is 0.550. The third-order valence-electron chi connectivity index (χ3n) is 5.62. The van der Waals surface area contributed by atoms with Crippen LogP contribution >= 0.6 is 0 Å². The number of fused-ring (bicyclic) bond motifs is 1. The van der Waals surface area contributed by atoms with E-state index < -0.39 is 11.6 Å². The lowest BCUT2D eigenvalue weighted by atomic mass is 9.84. The summed E-state index contributed by atoms with van der Waals surface area (Å²) < 4.78 is 11.0. The normalized spacial score (nSPS) is 21.6. The molecule has 144 valence electrons. The van der Waals surface area contributed by atoms with Crippen LogP contribution in [0.1, 0.15) is 55.3 Å². The van der Waals surface area contributed by atoms with E-state index >= 15 is 0 Å². The molecule has 1 spiro atoms. The monoisotopic (exact) mass is 372 g/mol. The van der Waals surface area contributed by atoms with Crippen LogP contribution in [0.25, 0.3) is 0 Å². The summed E-state index contributed by atoms with van der Waals surface area (Å²) in [4.78, 5) is 39.2. The molecule has 1 N–H and O–H groups in total. The van der Waals surface area contributed by atoms with Gasteiger partial charge in [0.25, 0.3) is 5.91 Å². The predicted octanol–water partition coefficient (Wildman–Crippen LogP) is 2.68. The third kappa shape index (κ3) is 3.38. The lowest BCUT2D eigenvalue weighted by Crippen LogP contribution is -2.47. The van der Waals surface area contributed by atoms with Crippen molar-refractivity contribution in [2.45, 2.75) is 50.5 Å². The Morgan fingerprint density at radius 2 is 1.67 bits per heavy atom. The zero-order valence-electron chi connectivity index (χ0n) is 15.3. The number of ether oxygens (including phenoxy) is 2. The summed E-state index contributed by atoms with van der Waals surface area (Å²) in [5.41, 5.74) is -0.427. The number of rotatable bonds is 3. The molecular formula is C20H24N2O5. The Morgan fingerprint density at radius 1 is 1.00 bits per heavy atom. The van der Waals surface area contributed by atoms with Gasteiger partial charge in [0.15, 0.2) is 17.3 Å². The smallest absolute Gasteiger partial charge is 0.325 e. The zero-order chi connectivity index (χ0) is 18.9. The van der Waals surface area contributed by atoms with Crippen molar-refractivity contribution in [2.24, 2.45) is 0 Å². The molecular weight excluding hydrogens is 348 g/mol. The van der Waals surface area contributed by atoms with Gasteiger partial charge in [-0.05, 0) is 31.0 Å². The minimum Gasteiger partial charge on any atom is -0.486 e. The first-order valence-corrected chi connectivity index (χ1v) is 9.66. The molecule has 1 aliphatic carbocycles. The van der Waals surface area contributed by atoms with Gasteiger partial charge in [0.05, 0.1) is 6.54 Å². The number of ketones is 1. The van der Waals surface area contributed by atoms with Gasteiger partial charge < -0.3 is 14.8 Å². The highest BCUT2D eigenvalue weighted by molar-refractivity contribution is 6.11. The number of Topliss-reactive ketones (excluding diaryl/α,β-unsaturated/α-hetero) is 1. The highest BCUT2D eigenvalue weighted by Gasteiger charge is 2.50. The van der Waals surface area contributed by atoms with E-state index in [1.165, 1.54) is 6.42 Å². The number of hydrogen-bond donors (Lipinski definition) is 1. The highest BCUT2D eigenvalue weighted by Crippen LogP contribution is 2.33. The van der Waals surface area contributed by atoms with E-state index in [0.29, 0.717) is 43.1 Å². The molecule has 7 nitrogen and oxygen atoms in total. The van der Waals surface area contributed by atoms with Crippen molar-refractivity contribution in [3.05, 3.63) is 23.8 Å². The highest BCUT2D eigenvalue weighted by atomic mass is 16.6. The SMILES string of the molecule is O=C(CN1C(=O)NC2(CCCCCCC2)C1=O)c1ccc2c(c1)OCCO2. The van der Waals surface area contributed by atoms with Crippen LogP contribution in [0.15, 0.2) is 18.2 Å². The molecule has 3 aliphatic rings. The number of carbonyl (C=O) groups is 3. The van der Waals surface area contributed by atoms with Crippen LogP contribution in [0, 0.1) is 0 Å². The van der Waals surface area contributed by atoms with E-state index in [1.54, 1.807) is 18.2 Å². The number of urea groups is 1. The molecule has 4 rings (SSSR count). The van der Waals surface area contributed by atoms with Gasteiger partial charge in [0.2, 0.25) is 0 Å². The standard InChI is InChI=1S/C20H24N2O5/c23-15(14-6-7-16-17(12-14)27-11-10-26-16)13-22-18(24)20(21-19(22)25)8-4-2-1-3-5-9-20/h6-7,12H,1-5,8-11,13H2,(H,21,25). The van der Waals surface area contributed by atoms with Gasteiger partial charge in [0, 0.05) is 5.56 Å². The van der Waals surface area contributed by atoms with E-state index in [4.69, 9.17) is 9.47 Å². The van der Waals surface area contributed by atoms with Crippen molar-refractivity contribution < 1.29 is 23.9 Å². The molecule has 0 aromatic heterocycles. The largest absolute Gasteiger partial charge is 0.486 e. The van der Waals surface area contributed by atoms with E-state index in [9.17, 15) is 14.4 Å². The molecule has 1 saturated heterocycles. The van der Waals surface area contributed by atoms with E-state index in [1.807, 2.05) is 0 Å². The van der Waals surface area contributed by atoms with E-state index in [0.717, 1.165) is 30.6 Å². The third-order valence-corrected chi connectivity index (χ3v) is 5.62. The Hall–Kier alpha value is -2.57. The Labute approximate surface area is 158 Å². The van der Waals surface area contributed by atoms with Crippen molar-refractivity contribution in [1.82, 2.24) is 10.2 Å². The maximum Gasteiger partial charge on any atom is 0.325 e. The fourth-order valence-electron chi connectivity index (χ4n) is 4.12. The van der Waals surface area contributed by atoms with Gasteiger partial charge in [-0.15, -0.1) is 0 Å². The molecule has 7 heteroatoms. The van der Waals surface area contributed by atoms with Crippen LogP contribution in [0.4, 0.5) is 4.79 Å². The van der Waals surface area contributed by atoms with Crippen LogP contribution in [-0.4, -0.2) is 47.9 Å². The quantitative estimate of drug-likeness (QED) is 0.651. The first-order valence-electron chi connectivity index (χ1n) is 9.66. The van der Waals surface area contributed by atoms with Crippen LogP contribution in [0.2, 0.25) is 0 Å². The topological polar surface area (TPSA) is 84.9 Å². The summed E-state index contributed by atoms with van der Waals surface area (Å²) in [5.74, 6) is 0.556. The molecule has 1 saturated carbocycles. The first-order chi connectivity index (χ1) is 13.1. The molecule has 0 unspecified atom stereocenters. The minimum absolute atomic E-state index is 0.258. The molecule has 0 radical (unpaired) electrons. The minimum atomic E-state index is -0.829. The molecule has 0 atom stereocenters.